The molecule has 1 aliphatic heterocycles. The van der Waals surface area contributed by atoms with Crippen molar-refractivity contribution in [1.29, 1.82) is 0 Å². The average molecular weight is 403 g/mol. The lowest BCUT2D eigenvalue weighted by atomic mass is 10.0. The lowest BCUT2D eigenvalue weighted by Crippen LogP contribution is -2.37. The highest BCUT2D eigenvalue weighted by Crippen LogP contribution is 2.32. The van der Waals surface area contributed by atoms with Crippen LogP contribution in [0.25, 0.3) is 6.08 Å². The van der Waals surface area contributed by atoms with E-state index in [4.69, 9.17) is 4.74 Å². The van der Waals surface area contributed by atoms with E-state index in [1.807, 2.05) is 12.1 Å². The molecular weight excluding hydrogens is 376 g/mol. The number of hydrogen-bond acceptors (Lipinski definition) is 5. The van der Waals surface area contributed by atoms with Gasteiger partial charge in [-0.2, -0.15) is 0 Å². The van der Waals surface area contributed by atoms with Gasteiger partial charge in [0.05, 0.1) is 12.0 Å². The second-order valence-corrected chi connectivity index (χ2v) is 8.14. The Labute approximate surface area is 169 Å². The summed E-state index contributed by atoms with van der Waals surface area (Å²) in [4.78, 5) is 38.2. The van der Waals surface area contributed by atoms with E-state index in [9.17, 15) is 14.4 Å². The van der Waals surface area contributed by atoms with Crippen molar-refractivity contribution in [2.75, 3.05) is 20.2 Å². The Bertz CT molecular complexity index is 754. The summed E-state index contributed by atoms with van der Waals surface area (Å²) in [5, 5.41) is 2.52. The van der Waals surface area contributed by atoms with Crippen LogP contribution < -0.4 is 10.1 Å². The molecule has 0 atom stereocenters. The van der Waals surface area contributed by atoms with Crippen LogP contribution >= 0.6 is 11.8 Å². The van der Waals surface area contributed by atoms with E-state index in [0.29, 0.717) is 17.2 Å². The van der Waals surface area contributed by atoms with Crippen LogP contribution in [0.15, 0.2) is 29.2 Å². The molecule has 0 spiro atoms. The van der Waals surface area contributed by atoms with Gasteiger partial charge in [-0.25, -0.2) is 0 Å². The summed E-state index contributed by atoms with van der Waals surface area (Å²) in [6.45, 7) is 0.483. The van der Waals surface area contributed by atoms with Gasteiger partial charge in [-0.05, 0) is 47.9 Å². The monoisotopic (exact) mass is 402 g/mol. The molecule has 6 nitrogen and oxygen atoms in total. The third kappa shape index (κ3) is 5.38. The Balaban J connectivity index is 1.46. The Kier molecular flexibility index (Phi) is 7.14. The standard InChI is InChI=1S/C21H26N2O4S/c1-27-17-9-6-16(7-10-17)14-18-20(25)23(21(26)28-18)13-12-22-19(24)11-8-15-4-2-3-5-15/h6-7,9-10,14-15H,2-5,8,11-13H2,1H3,(H,22,24). The quantitative estimate of drug-likeness (QED) is 0.669. The van der Waals surface area contributed by atoms with Crippen LogP contribution in [-0.2, 0) is 9.59 Å². The highest BCUT2D eigenvalue weighted by atomic mass is 32.2. The smallest absolute Gasteiger partial charge is 0.293 e. The number of benzene rings is 1. The maximum atomic E-state index is 12.5. The Morgan fingerprint density at radius 3 is 2.64 bits per heavy atom. The molecule has 0 unspecified atom stereocenters. The van der Waals surface area contributed by atoms with E-state index in [0.717, 1.165) is 29.5 Å². The van der Waals surface area contributed by atoms with Gasteiger partial charge in [-0.3, -0.25) is 19.3 Å². The highest BCUT2D eigenvalue weighted by molar-refractivity contribution is 8.18. The van der Waals surface area contributed by atoms with E-state index in [1.165, 1.54) is 30.6 Å². The number of imide groups is 1. The molecule has 1 N–H and O–H groups in total. The molecule has 150 valence electrons. The predicted octanol–water partition coefficient (Wildman–Crippen LogP) is 3.82. The summed E-state index contributed by atoms with van der Waals surface area (Å²) in [6.07, 6.45) is 8.15. The van der Waals surface area contributed by atoms with Gasteiger partial charge in [0.25, 0.3) is 11.1 Å². The van der Waals surface area contributed by atoms with Crippen LogP contribution in [0.1, 0.15) is 44.1 Å². The highest BCUT2D eigenvalue weighted by Gasteiger charge is 2.34. The maximum Gasteiger partial charge on any atom is 0.293 e. The minimum absolute atomic E-state index is 0.00681. The van der Waals surface area contributed by atoms with E-state index < -0.39 is 0 Å². The van der Waals surface area contributed by atoms with Crippen molar-refractivity contribution < 1.29 is 19.1 Å². The first-order valence-corrected chi connectivity index (χ1v) is 10.5. The topological polar surface area (TPSA) is 75.7 Å². The molecule has 3 rings (SSSR count). The number of carbonyl (C=O) groups is 3. The summed E-state index contributed by atoms with van der Waals surface area (Å²) >= 11 is 0.927. The van der Waals surface area contributed by atoms with Crippen molar-refractivity contribution in [1.82, 2.24) is 10.2 Å². The number of nitrogens with one attached hydrogen (secondary N) is 1. The molecule has 0 aromatic heterocycles. The van der Waals surface area contributed by atoms with Crippen molar-refractivity contribution in [3.05, 3.63) is 34.7 Å². The van der Waals surface area contributed by atoms with Gasteiger partial charge >= 0.3 is 0 Å². The Morgan fingerprint density at radius 2 is 1.96 bits per heavy atom. The summed E-state index contributed by atoms with van der Waals surface area (Å²) in [7, 11) is 1.59. The number of hydrogen-bond donors (Lipinski definition) is 1. The van der Waals surface area contributed by atoms with Crippen LogP contribution in [0.4, 0.5) is 4.79 Å². The molecule has 28 heavy (non-hydrogen) atoms. The second kappa shape index (κ2) is 9.78. The largest absolute Gasteiger partial charge is 0.497 e. The van der Waals surface area contributed by atoms with Gasteiger partial charge in [0.1, 0.15) is 5.75 Å². The van der Waals surface area contributed by atoms with Crippen molar-refractivity contribution in [2.45, 2.75) is 38.5 Å². The fourth-order valence-electron chi connectivity index (χ4n) is 3.57. The lowest BCUT2D eigenvalue weighted by molar-refractivity contribution is -0.124. The first-order valence-electron chi connectivity index (χ1n) is 9.73. The average Bonchev–Trinajstić information content (AvgIpc) is 3.31. The fraction of sp³-hybridized carbons (Fsp3) is 0.476. The summed E-state index contributed by atoms with van der Waals surface area (Å²) in [5.74, 6) is 1.09. The number of carbonyl (C=O) groups excluding carboxylic acids is 3. The zero-order chi connectivity index (χ0) is 19.9. The number of amides is 3. The minimum atomic E-state index is -0.314. The maximum absolute atomic E-state index is 12.5. The number of ether oxygens (including phenoxy) is 1. The SMILES string of the molecule is COc1ccc(C=C2SC(=O)N(CCNC(=O)CCC3CCCC3)C2=O)cc1. The van der Waals surface area contributed by atoms with Gasteiger partial charge in [0.2, 0.25) is 5.91 Å². The molecule has 3 amide bonds. The predicted molar refractivity (Wildman–Crippen MR) is 110 cm³/mol. The normalized spacial score (nSPS) is 18.9. The van der Waals surface area contributed by atoms with Crippen LogP contribution in [0.3, 0.4) is 0 Å². The molecule has 7 heteroatoms. The van der Waals surface area contributed by atoms with Crippen LogP contribution in [0.2, 0.25) is 0 Å². The molecular formula is C21H26N2O4S. The molecule has 1 saturated heterocycles. The van der Waals surface area contributed by atoms with Crippen molar-refractivity contribution >= 4 is 34.9 Å². The molecule has 2 aliphatic rings. The molecule has 1 aromatic carbocycles. The number of nitrogens with zero attached hydrogens (tertiary/aromatic N) is 1. The van der Waals surface area contributed by atoms with Gasteiger partial charge in [-0.1, -0.05) is 37.8 Å². The lowest BCUT2D eigenvalue weighted by Gasteiger charge is -2.13. The van der Waals surface area contributed by atoms with E-state index in [1.54, 1.807) is 25.3 Å². The van der Waals surface area contributed by atoms with E-state index in [2.05, 4.69) is 5.32 Å². The van der Waals surface area contributed by atoms with Crippen molar-refractivity contribution in [3.8, 4) is 5.75 Å². The molecule has 0 bridgehead atoms. The third-order valence-corrected chi connectivity index (χ3v) is 6.11. The van der Waals surface area contributed by atoms with Gasteiger partial charge in [0, 0.05) is 19.5 Å². The first-order chi connectivity index (χ1) is 13.6. The van der Waals surface area contributed by atoms with E-state index >= 15 is 0 Å². The fourth-order valence-corrected chi connectivity index (χ4v) is 4.44. The summed E-state index contributed by atoms with van der Waals surface area (Å²) < 4.78 is 5.11. The van der Waals surface area contributed by atoms with Crippen LogP contribution in [-0.4, -0.2) is 42.2 Å². The Morgan fingerprint density at radius 1 is 1.25 bits per heavy atom. The first kappa shape index (κ1) is 20.5. The molecule has 0 radical (unpaired) electrons. The van der Waals surface area contributed by atoms with Gasteiger partial charge in [0.15, 0.2) is 0 Å². The van der Waals surface area contributed by atoms with Gasteiger partial charge in [-0.15, -0.1) is 0 Å². The zero-order valence-corrected chi connectivity index (χ0v) is 16.9. The minimum Gasteiger partial charge on any atom is -0.497 e. The number of methoxy groups -OCH3 is 1. The Hall–Kier alpha value is -2.28. The van der Waals surface area contributed by atoms with Crippen molar-refractivity contribution in [3.63, 3.8) is 0 Å². The number of thioether (sulfide) groups is 1. The molecule has 1 aliphatic carbocycles. The molecule has 1 aromatic rings. The zero-order valence-electron chi connectivity index (χ0n) is 16.1. The third-order valence-electron chi connectivity index (χ3n) is 5.20. The number of rotatable bonds is 8. The molecule has 1 saturated carbocycles. The van der Waals surface area contributed by atoms with Crippen molar-refractivity contribution in [2.24, 2.45) is 5.92 Å². The second-order valence-electron chi connectivity index (χ2n) is 7.15. The molecule has 1 heterocycles. The van der Waals surface area contributed by atoms with E-state index in [-0.39, 0.29) is 30.1 Å². The summed E-state index contributed by atoms with van der Waals surface area (Å²) in [5.41, 5.74) is 0.825. The van der Waals surface area contributed by atoms with Gasteiger partial charge < -0.3 is 10.1 Å². The molecule has 2 fully saturated rings. The van der Waals surface area contributed by atoms with Crippen LogP contribution in [0.5, 0.6) is 5.75 Å². The summed E-state index contributed by atoms with van der Waals surface area (Å²) in [6, 6.07) is 7.27. The van der Waals surface area contributed by atoms with Crippen LogP contribution in [0, 0.1) is 5.92 Å².